The van der Waals surface area contributed by atoms with Crippen LogP contribution in [-0.2, 0) is 9.53 Å². The Kier molecular flexibility index (Phi) is 2.38. The molecule has 0 saturated heterocycles. The summed E-state index contributed by atoms with van der Waals surface area (Å²) in [4.78, 5) is 11.5. The molecule has 0 radical (unpaired) electrons. The van der Waals surface area contributed by atoms with E-state index in [1.165, 1.54) is 12.8 Å². The highest BCUT2D eigenvalue weighted by Crippen LogP contribution is 2.40. The first-order valence-electron chi connectivity index (χ1n) is 5.16. The maximum absolute atomic E-state index is 11.5. The van der Waals surface area contributed by atoms with Crippen LogP contribution in [0.2, 0.25) is 0 Å². The predicted octanol–water partition coefficient (Wildman–Crippen LogP) is 2.15. The highest BCUT2D eigenvalue weighted by molar-refractivity contribution is 5.73. The molecule has 1 fully saturated rings. The molecule has 0 N–H and O–H groups in total. The van der Waals surface area contributed by atoms with Gasteiger partial charge in [0.1, 0.15) is 0 Å². The zero-order valence-corrected chi connectivity index (χ0v) is 8.03. The van der Waals surface area contributed by atoms with Gasteiger partial charge in [-0.05, 0) is 38.0 Å². The average Bonchev–Trinajstić information content (AvgIpc) is 2.20. The minimum Gasteiger partial charge on any atom is -0.466 e. The molecular formula is C11H16O2. The van der Waals surface area contributed by atoms with Crippen LogP contribution in [-0.4, -0.2) is 12.6 Å². The third kappa shape index (κ3) is 1.62. The molecular weight excluding hydrogens is 164 g/mol. The zero-order valence-electron chi connectivity index (χ0n) is 8.03. The van der Waals surface area contributed by atoms with E-state index in [0.717, 1.165) is 6.42 Å². The fraction of sp³-hybridized carbons (Fsp3) is 0.727. The molecule has 0 amide bonds. The van der Waals surface area contributed by atoms with Crippen molar-refractivity contribution in [3.8, 4) is 0 Å². The third-order valence-corrected chi connectivity index (χ3v) is 3.16. The summed E-state index contributed by atoms with van der Waals surface area (Å²) in [5.74, 6) is 1.27. The van der Waals surface area contributed by atoms with Gasteiger partial charge in [0.25, 0.3) is 0 Å². The van der Waals surface area contributed by atoms with Crippen molar-refractivity contribution in [2.24, 2.45) is 17.8 Å². The highest BCUT2D eigenvalue weighted by Gasteiger charge is 2.36. The van der Waals surface area contributed by atoms with Gasteiger partial charge >= 0.3 is 5.97 Å². The molecule has 3 aliphatic rings. The molecule has 1 unspecified atom stereocenters. The number of ether oxygens (including phenoxy) is 1. The molecule has 3 aliphatic carbocycles. The van der Waals surface area contributed by atoms with Crippen molar-refractivity contribution in [3.05, 3.63) is 12.2 Å². The van der Waals surface area contributed by atoms with Gasteiger partial charge in [0.05, 0.1) is 12.5 Å². The second kappa shape index (κ2) is 3.52. The number of allylic oxidation sites excluding steroid dienone is 2. The first kappa shape index (κ1) is 8.79. The Bertz CT molecular complexity index is 232. The van der Waals surface area contributed by atoms with Gasteiger partial charge in [0, 0.05) is 0 Å². The SMILES string of the molecule is CCOC(=O)C1C[C@@H]2C=C[C@H]1CC2. The van der Waals surface area contributed by atoms with E-state index in [1.807, 2.05) is 6.92 Å². The third-order valence-electron chi connectivity index (χ3n) is 3.16. The monoisotopic (exact) mass is 180 g/mol. The van der Waals surface area contributed by atoms with E-state index in [4.69, 9.17) is 4.74 Å². The van der Waals surface area contributed by atoms with Crippen molar-refractivity contribution in [2.45, 2.75) is 26.2 Å². The number of esters is 1. The van der Waals surface area contributed by atoms with Gasteiger partial charge in [0.2, 0.25) is 0 Å². The van der Waals surface area contributed by atoms with Gasteiger partial charge in [0.15, 0.2) is 0 Å². The lowest BCUT2D eigenvalue weighted by Crippen LogP contribution is -2.33. The molecule has 13 heavy (non-hydrogen) atoms. The maximum Gasteiger partial charge on any atom is 0.309 e. The maximum atomic E-state index is 11.5. The summed E-state index contributed by atoms with van der Waals surface area (Å²) in [5.41, 5.74) is 0. The molecule has 3 atom stereocenters. The summed E-state index contributed by atoms with van der Waals surface area (Å²) in [5, 5.41) is 0. The van der Waals surface area contributed by atoms with Gasteiger partial charge < -0.3 is 4.74 Å². The molecule has 2 heteroatoms. The van der Waals surface area contributed by atoms with Crippen LogP contribution in [0.25, 0.3) is 0 Å². The Labute approximate surface area is 79.0 Å². The minimum atomic E-state index is 0.0153. The number of rotatable bonds is 2. The molecule has 0 aromatic heterocycles. The summed E-state index contributed by atoms with van der Waals surface area (Å²) in [6.45, 7) is 2.38. The lowest BCUT2D eigenvalue weighted by atomic mass is 9.69. The summed E-state index contributed by atoms with van der Waals surface area (Å²) in [7, 11) is 0. The summed E-state index contributed by atoms with van der Waals surface area (Å²) < 4.78 is 5.06. The van der Waals surface area contributed by atoms with E-state index in [1.54, 1.807) is 0 Å². The number of hydrogen-bond acceptors (Lipinski definition) is 2. The molecule has 1 saturated carbocycles. The van der Waals surface area contributed by atoms with Crippen molar-refractivity contribution >= 4 is 5.97 Å². The van der Waals surface area contributed by atoms with Gasteiger partial charge in [-0.1, -0.05) is 12.2 Å². The summed E-state index contributed by atoms with van der Waals surface area (Å²) >= 11 is 0. The lowest BCUT2D eigenvalue weighted by Gasteiger charge is -2.36. The lowest BCUT2D eigenvalue weighted by molar-refractivity contribution is -0.151. The van der Waals surface area contributed by atoms with E-state index in [9.17, 15) is 4.79 Å². The molecule has 0 aromatic carbocycles. The first-order chi connectivity index (χ1) is 6.31. The van der Waals surface area contributed by atoms with Crippen molar-refractivity contribution in [3.63, 3.8) is 0 Å². The second-order valence-corrected chi connectivity index (χ2v) is 3.98. The Balaban J connectivity index is 2.02. The van der Waals surface area contributed by atoms with Crippen molar-refractivity contribution in [1.82, 2.24) is 0 Å². The smallest absolute Gasteiger partial charge is 0.309 e. The number of carbonyl (C=O) groups is 1. The highest BCUT2D eigenvalue weighted by atomic mass is 16.5. The van der Waals surface area contributed by atoms with Crippen molar-refractivity contribution in [2.75, 3.05) is 6.61 Å². The van der Waals surface area contributed by atoms with Crippen molar-refractivity contribution < 1.29 is 9.53 Å². The molecule has 2 bridgehead atoms. The van der Waals surface area contributed by atoms with Gasteiger partial charge in [-0.25, -0.2) is 0 Å². The van der Waals surface area contributed by atoms with Crippen LogP contribution in [0.3, 0.4) is 0 Å². The fourth-order valence-electron chi connectivity index (χ4n) is 2.45. The van der Waals surface area contributed by atoms with Crippen LogP contribution in [0.15, 0.2) is 12.2 Å². The predicted molar refractivity (Wildman–Crippen MR) is 50.1 cm³/mol. The van der Waals surface area contributed by atoms with Gasteiger partial charge in [-0.2, -0.15) is 0 Å². The van der Waals surface area contributed by atoms with E-state index in [0.29, 0.717) is 18.4 Å². The second-order valence-electron chi connectivity index (χ2n) is 3.98. The average molecular weight is 180 g/mol. The van der Waals surface area contributed by atoms with Gasteiger partial charge in [-0.3, -0.25) is 4.79 Å². The van der Waals surface area contributed by atoms with E-state index >= 15 is 0 Å². The van der Waals surface area contributed by atoms with E-state index < -0.39 is 0 Å². The Morgan fingerprint density at radius 1 is 1.46 bits per heavy atom. The van der Waals surface area contributed by atoms with Crippen LogP contribution < -0.4 is 0 Å². The number of fused-ring (bicyclic) bond motifs is 2. The van der Waals surface area contributed by atoms with E-state index in [-0.39, 0.29) is 11.9 Å². The van der Waals surface area contributed by atoms with Crippen molar-refractivity contribution in [1.29, 1.82) is 0 Å². The Morgan fingerprint density at radius 2 is 2.31 bits per heavy atom. The minimum absolute atomic E-state index is 0.0153. The Hall–Kier alpha value is -0.790. The van der Waals surface area contributed by atoms with Crippen LogP contribution in [0.4, 0.5) is 0 Å². The van der Waals surface area contributed by atoms with Gasteiger partial charge in [-0.15, -0.1) is 0 Å². The molecule has 0 heterocycles. The largest absolute Gasteiger partial charge is 0.466 e. The summed E-state index contributed by atoms with van der Waals surface area (Å²) in [6, 6.07) is 0. The number of carbonyl (C=O) groups excluding carboxylic acids is 1. The molecule has 3 rings (SSSR count). The summed E-state index contributed by atoms with van der Waals surface area (Å²) in [6.07, 6.45) is 7.92. The molecule has 2 nitrogen and oxygen atoms in total. The topological polar surface area (TPSA) is 26.3 Å². The number of hydrogen-bond donors (Lipinski definition) is 0. The zero-order chi connectivity index (χ0) is 9.26. The molecule has 72 valence electrons. The van der Waals surface area contributed by atoms with Crippen LogP contribution in [0.1, 0.15) is 26.2 Å². The van der Waals surface area contributed by atoms with Crippen LogP contribution >= 0.6 is 0 Å². The standard InChI is InChI=1S/C11H16O2/c1-2-13-11(12)10-7-8-3-5-9(10)6-4-8/h3,5,8-10H,2,4,6-7H2,1H3/t8-,9+,10?/m1/s1. The molecule has 0 aromatic rings. The molecule has 0 spiro atoms. The Morgan fingerprint density at radius 3 is 2.77 bits per heavy atom. The quantitative estimate of drug-likeness (QED) is 0.481. The van der Waals surface area contributed by atoms with Crippen LogP contribution in [0, 0.1) is 17.8 Å². The first-order valence-corrected chi connectivity index (χ1v) is 5.16. The van der Waals surface area contributed by atoms with E-state index in [2.05, 4.69) is 12.2 Å². The van der Waals surface area contributed by atoms with Crippen LogP contribution in [0.5, 0.6) is 0 Å². The fourth-order valence-corrected chi connectivity index (χ4v) is 2.45. The molecule has 0 aliphatic heterocycles. The normalized spacial score (nSPS) is 36.2.